The molecule has 1 heterocycles. The minimum absolute atomic E-state index is 0.266. The highest BCUT2D eigenvalue weighted by Crippen LogP contribution is 1.98. The van der Waals surface area contributed by atoms with Gasteiger partial charge >= 0.3 is 0 Å². The van der Waals surface area contributed by atoms with Gasteiger partial charge in [-0.25, -0.2) is 0 Å². The molecule has 0 spiro atoms. The third kappa shape index (κ3) is 0.844. The van der Waals surface area contributed by atoms with Gasteiger partial charge in [-0.1, -0.05) is 0 Å². The smallest absolute Gasteiger partial charge is 0.173 e. The quantitative estimate of drug-likeness (QED) is 0.459. The Bertz CT molecular complexity index is 76.5. The van der Waals surface area contributed by atoms with E-state index in [1.807, 2.05) is 13.8 Å². The SMILES string of the molecule is CC1OC[NH+]([NH-])C1C. The van der Waals surface area contributed by atoms with E-state index in [0.29, 0.717) is 12.8 Å². The first-order valence-electron chi connectivity index (χ1n) is 2.90. The monoisotopic (exact) mass is 116 g/mol. The molecule has 0 radical (unpaired) electrons. The van der Waals surface area contributed by atoms with E-state index in [-0.39, 0.29) is 6.10 Å². The van der Waals surface area contributed by atoms with Gasteiger partial charge in [-0.05, 0) is 13.8 Å². The highest BCUT2D eigenvalue weighted by molar-refractivity contribution is 4.60. The number of quaternary nitrogens is 1. The Morgan fingerprint density at radius 3 is 2.38 bits per heavy atom. The third-order valence-corrected chi connectivity index (χ3v) is 1.76. The van der Waals surface area contributed by atoms with E-state index < -0.39 is 0 Å². The molecule has 1 rings (SSSR count). The summed E-state index contributed by atoms with van der Waals surface area (Å²) >= 11 is 0. The average molecular weight is 116 g/mol. The molecule has 1 aliphatic rings. The van der Waals surface area contributed by atoms with Crippen molar-refractivity contribution in [2.24, 2.45) is 0 Å². The van der Waals surface area contributed by atoms with Crippen molar-refractivity contribution >= 4 is 0 Å². The molecule has 48 valence electrons. The van der Waals surface area contributed by atoms with E-state index in [2.05, 4.69) is 0 Å². The zero-order valence-corrected chi connectivity index (χ0v) is 5.27. The van der Waals surface area contributed by atoms with Gasteiger partial charge in [0, 0.05) is 0 Å². The minimum Gasteiger partial charge on any atom is -0.467 e. The summed E-state index contributed by atoms with van der Waals surface area (Å²) < 4.78 is 5.15. The van der Waals surface area contributed by atoms with Crippen LogP contribution in [0.1, 0.15) is 13.8 Å². The van der Waals surface area contributed by atoms with Crippen LogP contribution >= 0.6 is 0 Å². The molecular weight excluding hydrogens is 104 g/mol. The summed E-state index contributed by atoms with van der Waals surface area (Å²) in [5.41, 5.74) is 0. The lowest BCUT2D eigenvalue weighted by atomic mass is 10.2. The predicted octanol–water partition coefficient (Wildman–Crippen LogP) is -0.397. The lowest BCUT2D eigenvalue weighted by Gasteiger charge is -2.18. The fourth-order valence-corrected chi connectivity index (χ4v) is 0.780. The molecule has 3 unspecified atom stereocenters. The Morgan fingerprint density at radius 2 is 2.25 bits per heavy atom. The van der Waals surface area contributed by atoms with E-state index in [0.717, 1.165) is 5.01 Å². The summed E-state index contributed by atoms with van der Waals surface area (Å²) in [6, 6.07) is 0.343. The third-order valence-electron chi connectivity index (χ3n) is 1.76. The van der Waals surface area contributed by atoms with Crippen LogP contribution in [0.2, 0.25) is 0 Å². The number of hydrogen-bond acceptors (Lipinski definition) is 1. The van der Waals surface area contributed by atoms with Crippen molar-refractivity contribution < 1.29 is 9.75 Å². The molecular formula is C5H12N2O. The van der Waals surface area contributed by atoms with Crippen molar-refractivity contribution in [1.29, 1.82) is 0 Å². The Labute approximate surface area is 49.4 Å². The Morgan fingerprint density at radius 1 is 1.62 bits per heavy atom. The van der Waals surface area contributed by atoms with Gasteiger partial charge in [-0.2, -0.15) is 0 Å². The van der Waals surface area contributed by atoms with Crippen LogP contribution in [-0.2, 0) is 4.74 Å². The van der Waals surface area contributed by atoms with Crippen LogP contribution in [-0.4, -0.2) is 18.9 Å². The fraction of sp³-hybridized carbons (Fsp3) is 1.00. The molecule has 0 aliphatic carbocycles. The molecule has 2 N–H and O–H groups in total. The van der Waals surface area contributed by atoms with E-state index in [1.165, 1.54) is 0 Å². The molecule has 1 aliphatic heterocycles. The molecule has 0 saturated carbocycles. The van der Waals surface area contributed by atoms with Gasteiger partial charge in [0.1, 0.15) is 12.1 Å². The van der Waals surface area contributed by atoms with Crippen LogP contribution in [0.15, 0.2) is 0 Å². The van der Waals surface area contributed by atoms with Gasteiger partial charge in [0.05, 0.1) is 0 Å². The first kappa shape index (κ1) is 6.01. The highest BCUT2D eigenvalue weighted by atomic mass is 16.5. The van der Waals surface area contributed by atoms with Gasteiger partial charge in [0.2, 0.25) is 0 Å². The summed E-state index contributed by atoms with van der Waals surface area (Å²) in [6.45, 7) is 4.58. The second kappa shape index (κ2) is 2.01. The largest absolute Gasteiger partial charge is 0.467 e. The van der Waals surface area contributed by atoms with Crippen LogP contribution in [0, 0.1) is 0 Å². The second-order valence-electron chi connectivity index (χ2n) is 2.33. The highest BCUT2D eigenvalue weighted by Gasteiger charge is 2.25. The van der Waals surface area contributed by atoms with Crippen LogP contribution in [0.5, 0.6) is 0 Å². The van der Waals surface area contributed by atoms with Gasteiger partial charge in [-0.3, -0.25) is 0 Å². The molecule has 1 fully saturated rings. The van der Waals surface area contributed by atoms with Crippen molar-refractivity contribution in [3.05, 3.63) is 5.84 Å². The standard InChI is InChI=1S/C5H12N2O/c1-4-5(2)8-3-7(4)6/h4-7H,3H2,1-2H3. The van der Waals surface area contributed by atoms with E-state index in [9.17, 15) is 0 Å². The maximum Gasteiger partial charge on any atom is 0.173 e. The lowest BCUT2D eigenvalue weighted by Crippen LogP contribution is -3.07. The van der Waals surface area contributed by atoms with Crippen LogP contribution in [0.4, 0.5) is 0 Å². The van der Waals surface area contributed by atoms with E-state index >= 15 is 0 Å². The summed E-state index contributed by atoms with van der Waals surface area (Å²) in [6.07, 6.45) is 0.266. The average Bonchev–Trinajstić information content (AvgIpc) is 1.98. The molecule has 0 aromatic rings. The number of ether oxygens (including phenoxy) is 1. The predicted molar refractivity (Wildman–Crippen MR) is 30.2 cm³/mol. The minimum atomic E-state index is 0.266. The van der Waals surface area contributed by atoms with Crippen molar-refractivity contribution in [3.8, 4) is 0 Å². The fourth-order valence-electron chi connectivity index (χ4n) is 0.780. The number of nitrogens with one attached hydrogen (secondary N) is 2. The van der Waals surface area contributed by atoms with Crippen molar-refractivity contribution in [1.82, 2.24) is 0 Å². The van der Waals surface area contributed by atoms with Gasteiger partial charge in [0.15, 0.2) is 6.73 Å². The molecule has 1 saturated heterocycles. The Kier molecular flexibility index (Phi) is 1.51. The topological polar surface area (TPSA) is 37.5 Å². The summed E-state index contributed by atoms with van der Waals surface area (Å²) in [5, 5.41) is 0.734. The molecule has 3 nitrogen and oxygen atoms in total. The number of rotatable bonds is 0. The van der Waals surface area contributed by atoms with Crippen LogP contribution in [0.3, 0.4) is 0 Å². The summed E-state index contributed by atoms with van der Waals surface area (Å²) in [4.78, 5) is 0. The first-order valence-corrected chi connectivity index (χ1v) is 2.90. The van der Waals surface area contributed by atoms with Crippen LogP contribution in [0.25, 0.3) is 5.84 Å². The van der Waals surface area contributed by atoms with E-state index in [4.69, 9.17) is 10.6 Å². The van der Waals surface area contributed by atoms with Gasteiger partial charge in [0.25, 0.3) is 0 Å². The maximum absolute atomic E-state index is 7.26. The van der Waals surface area contributed by atoms with Crippen molar-refractivity contribution in [2.75, 3.05) is 6.73 Å². The first-order chi connectivity index (χ1) is 3.72. The zero-order valence-electron chi connectivity index (χ0n) is 5.27. The molecule has 0 amide bonds. The van der Waals surface area contributed by atoms with Gasteiger partial charge < -0.3 is 15.6 Å². The summed E-state index contributed by atoms with van der Waals surface area (Å²) in [7, 11) is 0. The normalized spacial score (nSPS) is 47.6. The second-order valence-corrected chi connectivity index (χ2v) is 2.33. The molecule has 0 bridgehead atoms. The molecule has 8 heavy (non-hydrogen) atoms. The molecule has 3 atom stereocenters. The zero-order chi connectivity index (χ0) is 6.15. The molecule has 0 aromatic carbocycles. The van der Waals surface area contributed by atoms with Gasteiger partial charge in [-0.15, -0.1) is 0 Å². The van der Waals surface area contributed by atoms with Crippen molar-refractivity contribution in [3.63, 3.8) is 0 Å². The van der Waals surface area contributed by atoms with Crippen LogP contribution < -0.4 is 5.01 Å². The maximum atomic E-state index is 7.26. The molecule has 3 heteroatoms. The van der Waals surface area contributed by atoms with E-state index in [1.54, 1.807) is 0 Å². The number of hydrogen-bond donors (Lipinski definition) is 1. The lowest BCUT2D eigenvalue weighted by molar-refractivity contribution is -0.868. The van der Waals surface area contributed by atoms with Crippen molar-refractivity contribution in [2.45, 2.75) is 26.0 Å². The molecule has 0 aromatic heterocycles. The summed E-state index contributed by atoms with van der Waals surface area (Å²) in [5.74, 6) is 7.26. The Balaban J connectivity index is 2.44. The Hall–Kier alpha value is -0.120.